The van der Waals surface area contributed by atoms with Crippen molar-refractivity contribution < 1.29 is 14.2 Å². The number of benzene rings is 1. The van der Waals surface area contributed by atoms with Crippen LogP contribution in [0.15, 0.2) is 12.1 Å². The van der Waals surface area contributed by atoms with E-state index in [2.05, 4.69) is 5.32 Å². The van der Waals surface area contributed by atoms with Gasteiger partial charge in [0.2, 0.25) is 0 Å². The first-order valence-corrected chi connectivity index (χ1v) is 7.72. The van der Waals surface area contributed by atoms with Gasteiger partial charge in [-0.05, 0) is 31.6 Å². The lowest BCUT2D eigenvalue weighted by atomic mass is 9.79. The van der Waals surface area contributed by atoms with Crippen LogP contribution in [-0.4, -0.2) is 24.9 Å². The molecular formula is C16H25FN2O2. The summed E-state index contributed by atoms with van der Waals surface area (Å²) >= 11 is 0. The van der Waals surface area contributed by atoms with Crippen LogP contribution in [0.3, 0.4) is 0 Å². The molecule has 1 aliphatic rings. The van der Waals surface area contributed by atoms with Crippen molar-refractivity contribution in [1.29, 1.82) is 0 Å². The molecule has 0 aromatic heterocycles. The zero-order chi connectivity index (χ0) is 15.2. The molecule has 2 atom stereocenters. The highest BCUT2D eigenvalue weighted by molar-refractivity contribution is 5.68. The number of rotatable bonds is 6. The standard InChI is InChI=1S/C16H25FN2O2/c1-2-21-16-8-15(14(18)7-13(16)17)19-9-11-5-3-4-6-12(11)10-20/h7-8,11-12,19-20H,2-6,9-10,18H2,1H3. The molecule has 0 spiro atoms. The highest BCUT2D eigenvalue weighted by Gasteiger charge is 2.24. The van der Waals surface area contributed by atoms with E-state index in [-0.39, 0.29) is 12.4 Å². The Bertz CT molecular complexity index is 468. The van der Waals surface area contributed by atoms with Crippen LogP contribution in [0.2, 0.25) is 0 Å². The molecule has 0 heterocycles. The van der Waals surface area contributed by atoms with Crippen LogP contribution in [0.5, 0.6) is 5.75 Å². The van der Waals surface area contributed by atoms with Crippen molar-refractivity contribution >= 4 is 11.4 Å². The molecule has 4 N–H and O–H groups in total. The second-order valence-electron chi connectivity index (χ2n) is 5.67. The molecule has 4 nitrogen and oxygen atoms in total. The summed E-state index contributed by atoms with van der Waals surface area (Å²) in [5.41, 5.74) is 6.94. The van der Waals surface area contributed by atoms with E-state index in [0.29, 0.717) is 29.8 Å². The topological polar surface area (TPSA) is 67.5 Å². The molecule has 0 bridgehead atoms. The highest BCUT2D eigenvalue weighted by Crippen LogP contribution is 2.32. The second kappa shape index (κ2) is 7.50. The predicted molar refractivity (Wildman–Crippen MR) is 83.0 cm³/mol. The minimum Gasteiger partial charge on any atom is -0.491 e. The molecule has 1 aromatic carbocycles. The third kappa shape index (κ3) is 4.00. The van der Waals surface area contributed by atoms with Gasteiger partial charge in [-0.15, -0.1) is 0 Å². The average Bonchev–Trinajstić information content (AvgIpc) is 2.49. The van der Waals surface area contributed by atoms with Gasteiger partial charge in [0.15, 0.2) is 11.6 Å². The van der Waals surface area contributed by atoms with Gasteiger partial charge < -0.3 is 20.9 Å². The molecule has 21 heavy (non-hydrogen) atoms. The molecule has 118 valence electrons. The maximum absolute atomic E-state index is 13.7. The highest BCUT2D eigenvalue weighted by atomic mass is 19.1. The van der Waals surface area contributed by atoms with Crippen molar-refractivity contribution in [2.75, 3.05) is 30.8 Å². The summed E-state index contributed by atoms with van der Waals surface area (Å²) in [6.07, 6.45) is 4.57. The molecule has 2 unspecified atom stereocenters. The number of halogens is 1. The number of aliphatic hydroxyl groups is 1. The van der Waals surface area contributed by atoms with Crippen molar-refractivity contribution in [2.45, 2.75) is 32.6 Å². The Morgan fingerprint density at radius 1 is 1.33 bits per heavy atom. The quantitative estimate of drug-likeness (QED) is 0.706. The number of ether oxygens (including phenoxy) is 1. The normalized spacial score (nSPS) is 22.0. The van der Waals surface area contributed by atoms with Gasteiger partial charge in [-0.3, -0.25) is 0 Å². The Labute approximate surface area is 125 Å². The first-order chi connectivity index (χ1) is 10.2. The minimum atomic E-state index is -0.439. The fraction of sp³-hybridized carbons (Fsp3) is 0.625. The summed E-state index contributed by atoms with van der Waals surface area (Å²) < 4.78 is 18.9. The van der Waals surface area contributed by atoms with E-state index in [1.165, 1.54) is 18.9 Å². The molecule has 0 saturated heterocycles. The van der Waals surface area contributed by atoms with E-state index in [9.17, 15) is 9.50 Å². The summed E-state index contributed by atoms with van der Waals surface area (Å²) in [5.74, 6) is 0.561. The van der Waals surface area contributed by atoms with E-state index in [1.54, 1.807) is 6.07 Å². The van der Waals surface area contributed by atoms with Crippen molar-refractivity contribution in [1.82, 2.24) is 0 Å². The van der Waals surface area contributed by atoms with Gasteiger partial charge in [0.05, 0.1) is 18.0 Å². The van der Waals surface area contributed by atoms with Gasteiger partial charge in [0.1, 0.15) is 0 Å². The maximum atomic E-state index is 13.7. The molecule has 2 rings (SSSR count). The number of aliphatic hydroxyl groups excluding tert-OH is 1. The molecule has 0 amide bonds. The van der Waals surface area contributed by atoms with Gasteiger partial charge >= 0.3 is 0 Å². The van der Waals surface area contributed by atoms with Crippen molar-refractivity contribution in [2.24, 2.45) is 11.8 Å². The van der Waals surface area contributed by atoms with Gasteiger partial charge in [0.25, 0.3) is 0 Å². The smallest absolute Gasteiger partial charge is 0.167 e. The summed E-state index contributed by atoms with van der Waals surface area (Å²) in [5, 5.41) is 12.7. The zero-order valence-corrected chi connectivity index (χ0v) is 12.6. The van der Waals surface area contributed by atoms with Gasteiger partial charge in [-0.2, -0.15) is 0 Å². The first-order valence-electron chi connectivity index (χ1n) is 7.72. The summed E-state index contributed by atoms with van der Waals surface area (Å²) in [7, 11) is 0. The average molecular weight is 296 g/mol. The molecule has 1 aromatic rings. The fourth-order valence-electron chi connectivity index (χ4n) is 3.02. The lowest BCUT2D eigenvalue weighted by Gasteiger charge is -2.30. The number of hydrogen-bond donors (Lipinski definition) is 3. The molecule has 1 fully saturated rings. The van der Waals surface area contributed by atoms with E-state index in [4.69, 9.17) is 10.5 Å². The summed E-state index contributed by atoms with van der Waals surface area (Å²) in [4.78, 5) is 0. The summed E-state index contributed by atoms with van der Waals surface area (Å²) in [6.45, 7) is 3.20. The Balaban J connectivity index is 2.03. The van der Waals surface area contributed by atoms with Crippen LogP contribution in [0.4, 0.5) is 15.8 Å². The van der Waals surface area contributed by atoms with Gasteiger partial charge in [-0.25, -0.2) is 4.39 Å². The third-order valence-electron chi connectivity index (χ3n) is 4.26. The number of nitrogen functional groups attached to an aromatic ring is 1. The zero-order valence-electron chi connectivity index (χ0n) is 12.6. The van der Waals surface area contributed by atoms with E-state index < -0.39 is 5.82 Å². The molecule has 0 aliphatic heterocycles. The Morgan fingerprint density at radius 2 is 2.05 bits per heavy atom. The minimum absolute atomic E-state index is 0.219. The lowest BCUT2D eigenvalue weighted by molar-refractivity contribution is 0.141. The fourth-order valence-corrected chi connectivity index (χ4v) is 3.02. The number of nitrogens with one attached hydrogen (secondary N) is 1. The van der Waals surface area contributed by atoms with Crippen LogP contribution in [0.1, 0.15) is 32.6 Å². The molecule has 0 radical (unpaired) electrons. The van der Waals surface area contributed by atoms with Crippen molar-refractivity contribution in [3.05, 3.63) is 17.9 Å². The van der Waals surface area contributed by atoms with Crippen molar-refractivity contribution in [3.63, 3.8) is 0 Å². The number of anilines is 2. The SMILES string of the molecule is CCOc1cc(NCC2CCCCC2CO)c(N)cc1F. The van der Waals surface area contributed by atoms with Crippen LogP contribution in [-0.2, 0) is 0 Å². The molecular weight excluding hydrogens is 271 g/mol. The largest absolute Gasteiger partial charge is 0.491 e. The lowest BCUT2D eigenvalue weighted by Crippen LogP contribution is -2.28. The Hall–Kier alpha value is -1.49. The van der Waals surface area contributed by atoms with Crippen LogP contribution < -0.4 is 15.8 Å². The van der Waals surface area contributed by atoms with Crippen LogP contribution in [0, 0.1) is 17.7 Å². The van der Waals surface area contributed by atoms with Crippen LogP contribution >= 0.6 is 0 Å². The monoisotopic (exact) mass is 296 g/mol. The predicted octanol–water partition coefficient (Wildman–Crippen LogP) is 3.02. The van der Waals surface area contributed by atoms with E-state index in [0.717, 1.165) is 19.4 Å². The summed E-state index contributed by atoms with van der Waals surface area (Å²) in [6, 6.07) is 2.91. The number of nitrogens with two attached hydrogens (primary N) is 1. The molecule has 1 saturated carbocycles. The third-order valence-corrected chi connectivity index (χ3v) is 4.26. The second-order valence-corrected chi connectivity index (χ2v) is 5.67. The number of hydrogen-bond acceptors (Lipinski definition) is 4. The van der Waals surface area contributed by atoms with E-state index >= 15 is 0 Å². The van der Waals surface area contributed by atoms with Crippen molar-refractivity contribution in [3.8, 4) is 5.75 Å². The Morgan fingerprint density at radius 3 is 2.71 bits per heavy atom. The maximum Gasteiger partial charge on any atom is 0.167 e. The molecule has 5 heteroatoms. The van der Waals surface area contributed by atoms with E-state index in [1.807, 2.05) is 6.92 Å². The van der Waals surface area contributed by atoms with Gasteiger partial charge in [0, 0.05) is 25.3 Å². The van der Waals surface area contributed by atoms with Gasteiger partial charge in [-0.1, -0.05) is 12.8 Å². The molecule has 1 aliphatic carbocycles. The Kier molecular flexibility index (Phi) is 5.67. The first kappa shape index (κ1) is 15.9. The van der Waals surface area contributed by atoms with Crippen LogP contribution in [0.25, 0.3) is 0 Å².